The van der Waals surface area contributed by atoms with Gasteiger partial charge in [-0.3, -0.25) is 14.2 Å². The maximum Gasteiger partial charge on any atom is 0.262 e. The lowest BCUT2D eigenvalue weighted by Crippen LogP contribution is -2.24. The Balaban J connectivity index is 1.62. The van der Waals surface area contributed by atoms with E-state index in [9.17, 15) is 18.4 Å². The minimum absolute atomic E-state index is 0.119. The molecule has 0 unspecified atom stereocenters. The van der Waals surface area contributed by atoms with Gasteiger partial charge in [0.25, 0.3) is 5.56 Å². The van der Waals surface area contributed by atoms with Crippen LogP contribution in [0.2, 0.25) is 5.02 Å². The molecule has 0 aliphatic carbocycles. The Hall–Kier alpha value is -3.17. The number of benzene rings is 2. The molecule has 1 N–H and O–H groups in total. The molecule has 0 fully saturated rings. The van der Waals surface area contributed by atoms with Crippen LogP contribution < -0.4 is 10.9 Å². The number of fused-ring (bicyclic) bond motifs is 1. The highest BCUT2D eigenvalue weighted by molar-refractivity contribution is 7.99. The second-order valence-corrected chi connectivity index (χ2v) is 7.87. The van der Waals surface area contributed by atoms with E-state index in [1.807, 2.05) is 0 Å². The summed E-state index contributed by atoms with van der Waals surface area (Å²) < 4.78 is 33.5. The first-order valence-corrected chi connectivity index (χ1v) is 10.4. The van der Waals surface area contributed by atoms with Crippen molar-refractivity contribution in [1.29, 1.82) is 0 Å². The Morgan fingerprint density at radius 2 is 2.03 bits per heavy atom. The van der Waals surface area contributed by atoms with Gasteiger partial charge in [-0.25, -0.2) is 13.8 Å². The largest absolute Gasteiger partial charge is 0.467 e. The Labute approximate surface area is 183 Å². The van der Waals surface area contributed by atoms with Crippen molar-refractivity contribution >= 4 is 45.9 Å². The minimum atomic E-state index is -0.883. The van der Waals surface area contributed by atoms with Crippen molar-refractivity contribution in [2.24, 2.45) is 0 Å². The second kappa shape index (κ2) is 8.91. The average Bonchev–Trinajstić information content (AvgIpc) is 3.24. The lowest BCUT2D eigenvalue weighted by molar-refractivity contribution is -0.113. The van der Waals surface area contributed by atoms with Gasteiger partial charge in [-0.1, -0.05) is 23.4 Å². The van der Waals surface area contributed by atoms with Crippen molar-refractivity contribution in [2.45, 2.75) is 11.7 Å². The normalized spacial score (nSPS) is 11.1. The topological polar surface area (TPSA) is 77.1 Å². The highest BCUT2D eigenvalue weighted by Gasteiger charge is 2.16. The second-order valence-electron chi connectivity index (χ2n) is 6.49. The van der Waals surface area contributed by atoms with E-state index in [1.165, 1.54) is 10.8 Å². The molecule has 2 heterocycles. The van der Waals surface area contributed by atoms with Crippen LogP contribution in [-0.2, 0) is 11.3 Å². The van der Waals surface area contributed by atoms with Gasteiger partial charge >= 0.3 is 0 Å². The smallest absolute Gasteiger partial charge is 0.262 e. The summed E-state index contributed by atoms with van der Waals surface area (Å²) in [7, 11) is 0. The molecule has 2 aromatic carbocycles. The number of hydrogen-bond donors (Lipinski definition) is 1. The van der Waals surface area contributed by atoms with Crippen LogP contribution in [0.5, 0.6) is 0 Å². The zero-order valence-electron chi connectivity index (χ0n) is 15.8. The predicted molar refractivity (Wildman–Crippen MR) is 115 cm³/mol. The summed E-state index contributed by atoms with van der Waals surface area (Å²) in [5.41, 5.74) is -0.0653. The molecule has 31 heavy (non-hydrogen) atoms. The first-order chi connectivity index (χ1) is 14.9. The van der Waals surface area contributed by atoms with Gasteiger partial charge in [-0.05, 0) is 42.5 Å². The Morgan fingerprint density at radius 3 is 2.77 bits per heavy atom. The molecule has 0 spiro atoms. The Kier molecular flexibility index (Phi) is 6.06. The number of halogens is 3. The third-order valence-electron chi connectivity index (χ3n) is 4.31. The molecule has 0 aliphatic heterocycles. The number of rotatable bonds is 6. The monoisotopic (exact) mass is 461 g/mol. The van der Waals surface area contributed by atoms with E-state index in [-0.39, 0.29) is 28.7 Å². The van der Waals surface area contributed by atoms with Gasteiger partial charge in [0.2, 0.25) is 5.91 Å². The van der Waals surface area contributed by atoms with Crippen LogP contribution in [-0.4, -0.2) is 21.2 Å². The third-order valence-corrected chi connectivity index (χ3v) is 5.53. The summed E-state index contributed by atoms with van der Waals surface area (Å²) in [6, 6.07) is 11.0. The molecule has 0 saturated heterocycles. The number of thioether (sulfide) groups is 1. The average molecular weight is 462 g/mol. The fourth-order valence-corrected chi connectivity index (χ4v) is 3.85. The van der Waals surface area contributed by atoms with Crippen molar-refractivity contribution < 1.29 is 18.0 Å². The first kappa shape index (κ1) is 21.1. The fourth-order valence-electron chi connectivity index (χ4n) is 2.89. The number of aromatic nitrogens is 2. The number of anilines is 1. The van der Waals surface area contributed by atoms with Gasteiger partial charge in [-0.15, -0.1) is 0 Å². The highest BCUT2D eigenvalue weighted by Crippen LogP contribution is 2.22. The van der Waals surface area contributed by atoms with Gasteiger partial charge in [-0.2, -0.15) is 0 Å². The molecule has 4 rings (SSSR count). The van der Waals surface area contributed by atoms with Crippen LogP contribution in [0.15, 0.2) is 69.2 Å². The molecule has 0 bridgehead atoms. The Morgan fingerprint density at radius 1 is 1.19 bits per heavy atom. The molecule has 2 aromatic heterocycles. The van der Waals surface area contributed by atoms with Crippen molar-refractivity contribution in [3.8, 4) is 0 Å². The molecule has 0 atom stereocenters. The number of carbonyl (C=O) groups is 1. The van der Waals surface area contributed by atoms with Gasteiger partial charge in [0.1, 0.15) is 17.4 Å². The van der Waals surface area contributed by atoms with E-state index in [1.54, 1.807) is 30.3 Å². The number of hydrogen-bond acceptors (Lipinski definition) is 5. The molecule has 6 nitrogen and oxygen atoms in total. The van der Waals surface area contributed by atoms with Crippen LogP contribution in [0.25, 0.3) is 10.9 Å². The third kappa shape index (κ3) is 4.78. The van der Waals surface area contributed by atoms with E-state index in [0.717, 1.165) is 23.9 Å². The number of nitrogens with zero attached hydrogens (tertiary/aromatic N) is 2. The molecule has 4 aromatic rings. The Bertz CT molecular complexity index is 1330. The number of furan rings is 1. The minimum Gasteiger partial charge on any atom is -0.467 e. The van der Waals surface area contributed by atoms with E-state index >= 15 is 0 Å². The van der Waals surface area contributed by atoms with E-state index in [4.69, 9.17) is 16.0 Å². The summed E-state index contributed by atoms with van der Waals surface area (Å²) in [4.78, 5) is 29.8. The summed E-state index contributed by atoms with van der Waals surface area (Å²) >= 11 is 7.02. The molecule has 0 aliphatic rings. The van der Waals surface area contributed by atoms with Crippen molar-refractivity contribution in [3.63, 3.8) is 0 Å². The van der Waals surface area contributed by atoms with Gasteiger partial charge < -0.3 is 9.73 Å². The zero-order valence-corrected chi connectivity index (χ0v) is 17.3. The van der Waals surface area contributed by atoms with Crippen molar-refractivity contribution in [3.05, 3.63) is 87.6 Å². The van der Waals surface area contributed by atoms with Gasteiger partial charge in [0.15, 0.2) is 5.16 Å². The fraction of sp³-hybridized carbons (Fsp3) is 0.0952. The molecule has 0 saturated carbocycles. The molecule has 10 heteroatoms. The van der Waals surface area contributed by atoms with Crippen molar-refractivity contribution in [1.82, 2.24) is 9.55 Å². The van der Waals surface area contributed by atoms with Crippen LogP contribution in [0.3, 0.4) is 0 Å². The van der Waals surface area contributed by atoms with Gasteiger partial charge in [0.05, 0.1) is 35.2 Å². The quantitative estimate of drug-likeness (QED) is 0.332. The number of nitrogens with one attached hydrogen (secondary N) is 1. The van der Waals surface area contributed by atoms with Crippen LogP contribution >= 0.6 is 23.4 Å². The first-order valence-electron chi connectivity index (χ1n) is 9.01. The van der Waals surface area contributed by atoms with Crippen LogP contribution in [0.1, 0.15) is 5.76 Å². The molecule has 1 amide bonds. The van der Waals surface area contributed by atoms with Crippen LogP contribution in [0.4, 0.5) is 14.5 Å². The number of carbonyl (C=O) groups excluding carboxylic acids is 1. The standard InChI is InChI=1S/C21H14ClF2N3O3S/c22-12-3-5-15-18(8-12)26-21(27(20(15)29)10-14-2-1-7-30-14)31-11-19(28)25-17-6-4-13(23)9-16(17)24/h1-9H,10-11H2,(H,25,28). The molecular weight excluding hydrogens is 448 g/mol. The lowest BCUT2D eigenvalue weighted by atomic mass is 10.2. The van der Waals surface area contributed by atoms with Crippen LogP contribution in [0, 0.1) is 11.6 Å². The zero-order chi connectivity index (χ0) is 22.0. The number of amides is 1. The summed E-state index contributed by atoms with van der Waals surface area (Å²) in [6.45, 7) is 0.119. The molecular formula is C21H14ClF2N3O3S. The van der Waals surface area contributed by atoms with E-state index < -0.39 is 17.5 Å². The highest BCUT2D eigenvalue weighted by atomic mass is 35.5. The van der Waals surface area contributed by atoms with Gasteiger partial charge in [0, 0.05) is 11.1 Å². The summed E-state index contributed by atoms with van der Waals surface area (Å²) in [5.74, 6) is -1.79. The maximum atomic E-state index is 13.8. The molecule has 158 valence electrons. The van der Waals surface area contributed by atoms with Crippen molar-refractivity contribution in [2.75, 3.05) is 11.1 Å². The molecule has 0 radical (unpaired) electrons. The van der Waals surface area contributed by atoms with E-state index in [0.29, 0.717) is 27.8 Å². The predicted octanol–water partition coefficient (Wildman–Crippen LogP) is 4.70. The maximum absolute atomic E-state index is 13.8. The lowest BCUT2D eigenvalue weighted by Gasteiger charge is -2.12. The summed E-state index contributed by atoms with van der Waals surface area (Å²) in [5, 5.41) is 3.44. The SMILES string of the molecule is O=C(CSc1nc2cc(Cl)ccc2c(=O)n1Cc1ccco1)Nc1ccc(F)cc1F. The van der Waals surface area contributed by atoms with E-state index in [2.05, 4.69) is 10.3 Å². The summed E-state index contributed by atoms with van der Waals surface area (Å²) in [6.07, 6.45) is 1.49.